The molecule has 184 valence electrons. The van der Waals surface area contributed by atoms with E-state index in [0.717, 1.165) is 24.1 Å². The molecule has 1 aliphatic heterocycles. The number of carbonyl (C=O) groups is 4. The molecule has 36 heavy (non-hydrogen) atoms. The van der Waals surface area contributed by atoms with E-state index in [-0.39, 0.29) is 24.8 Å². The van der Waals surface area contributed by atoms with Gasteiger partial charge in [0, 0.05) is 29.2 Å². The number of nitrogens with one attached hydrogen (secondary N) is 2. The van der Waals surface area contributed by atoms with Crippen molar-refractivity contribution in [3.8, 4) is 0 Å². The van der Waals surface area contributed by atoms with Crippen LogP contribution in [0.1, 0.15) is 29.3 Å². The van der Waals surface area contributed by atoms with Crippen LogP contribution in [-0.2, 0) is 16.0 Å². The van der Waals surface area contributed by atoms with Gasteiger partial charge in [-0.3, -0.25) is 14.4 Å². The van der Waals surface area contributed by atoms with Gasteiger partial charge in [-0.15, -0.1) is 0 Å². The Morgan fingerprint density at radius 1 is 0.917 bits per heavy atom. The second-order valence-electron chi connectivity index (χ2n) is 8.54. The van der Waals surface area contributed by atoms with Crippen LogP contribution < -0.4 is 20.4 Å². The zero-order valence-electron chi connectivity index (χ0n) is 20.1. The number of Topliss-reactive ketones (excluding diaryl/α,β-unsaturated/α-hetero) is 1. The second kappa shape index (κ2) is 11.3. The van der Waals surface area contributed by atoms with Crippen molar-refractivity contribution in [2.45, 2.75) is 19.8 Å². The highest BCUT2D eigenvalue weighted by molar-refractivity contribution is 6.05. The molecular weight excluding hydrogens is 456 g/mol. The lowest BCUT2D eigenvalue weighted by Crippen LogP contribution is -2.48. The molecule has 0 unspecified atom stereocenters. The van der Waals surface area contributed by atoms with Crippen molar-refractivity contribution in [2.75, 3.05) is 34.8 Å². The van der Waals surface area contributed by atoms with Gasteiger partial charge in [-0.05, 0) is 55.7 Å². The molecule has 3 aromatic carbocycles. The number of hydrogen-bond donors (Lipinski definition) is 2. The lowest BCUT2D eigenvalue weighted by molar-refractivity contribution is -0.122. The monoisotopic (exact) mass is 484 g/mol. The molecule has 0 saturated heterocycles. The fraction of sp³-hybridized carbons (Fsp3) is 0.214. The Morgan fingerprint density at radius 3 is 2.44 bits per heavy atom. The summed E-state index contributed by atoms with van der Waals surface area (Å²) in [5.41, 5.74) is 3.46. The largest absolute Gasteiger partial charge is 0.329 e. The molecule has 0 atom stereocenters. The number of amides is 4. The highest BCUT2D eigenvalue weighted by Gasteiger charge is 2.26. The molecule has 8 heteroatoms. The molecule has 0 spiro atoms. The molecule has 3 aromatic rings. The van der Waals surface area contributed by atoms with Crippen LogP contribution in [-0.4, -0.2) is 43.3 Å². The minimum Gasteiger partial charge on any atom is -0.329 e. The molecule has 2 N–H and O–H groups in total. The maximum atomic E-state index is 13.3. The summed E-state index contributed by atoms with van der Waals surface area (Å²) in [6.07, 6.45) is 1.77. The minimum atomic E-state index is -0.589. The van der Waals surface area contributed by atoms with Crippen LogP contribution in [0, 0.1) is 0 Å². The Hall–Kier alpha value is -4.46. The Bertz CT molecular complexity index is 1280. The third-order valence-electron chi connectivity index (χ3n) is 6.00. The number of nitrogens with zero attached hydrogens (tertiary/aromatic N) is 2. The number of hydrogen-bond acceptors (Lipinski definition) is 4. The van der Waals surface area contributed by atoms with Gasteiger partial charge in [0.2, 0.25) is 11.8 Å². The van der Waals surface area contributed by atoms with Gasteiger partial charge in [0.25, 0.3) is 0 Å². The predicted molar refractivity (Wildman–Crippen MR) is 139 cm³/mol. The molecule has 1 heterocycles. The molecular formula is C28H28N4O4. The Kier molecular flexibility index (Phi) is 7.75. The first-order valence-corrected chi connectivity index (χ1v) is 11.8. The van der Waals surface area contributed by atoms with Crippen LogP contribution in [0.25, 0.3) is 0 Å². The summed E-state index contributed by atoms with van der Waals surface area (Å²) in [7, 11) is 0. The van der Waals surface area contributed by atoms with Crippen molar-refractivity contribution in [2.24, 2.45) is 0 Å². The van der Waals surface area contributed by atoms with Crippen LogP contribution in [0.5, 0.6) is 0 Å². The molecule has 1 aliphatic rings. The summed E-state index contributed by atoms with van der Waals surface area (Å²) in [6, 6.07) is 22.7. The quantitative estimate of drug-likeness (QED) is 0.495. The van der Waals surface area contributed by atoms with Gasteiger partial charge >= 0.3 is 6.03 Å². The summed E-state index contributed by atoms with van der Waals surface area (Å²) in [6.45, 7) is 1.57. The SMILES string of the molecule is CC(=O)c1cccc(NC(=O)NCC(=O)N(CC(=O)N2CCCc3ccccc32)c2ccccc2)c1. The number of aryl methyl sites for hydroxylation is 1. The number of urea groups is 1. The van der Waals surface area contributed by atoms with Crippen LogP contribution in [0.3, 0.4) is 0 Å². The maximum absolute atomic E-state index is 13.3. The van der Waals surface area contributed by atoms with E-state index < -0.39 is 11.9 Å². The molecule has 4 amide bonds. The Balaban J connectivity index is 1.44. The van der Waals surface area contributed by atoms with Crippen molar-refractivity contribution in [1.82, 2.24) is 5.32 Å². The van der Waals surface area contributed by atoms with Crippen molar-refractivity contribution in [3.63, 3.8) is 0 Å². The van der Waals surface area contributed by atoms with Gasteiger partial charge in [-0.2, -0.15) is 0 Å². The lowest BCUT2D eigenvalue weighted by atomic mass is 10.0. The first kappa shape index (κ1) is 24.7. The van der Waals surface area contributed by atoms with E-state index in [1.54, 1.807) is 53.4 Å². The smallest absolute Gasteiger partial charge is 0.319 e. The number of rotatable bonds is 7. The fourth-order valence-corrected chi connectivity index (χ4v) is 4.19. The highest BCUT2D eigenvalue weighted by atomic mass is 16.2. The molecule has 0 bridgehead atoms. The number of para-hydroxylation sites is 2. The van der Waals surface area contributed by atoms with Gasteiger partial charge in [0.05, 0.1) is 6.54 Å². The van der Waals surface area contributed by atoms with Crippen LogP contribution in [0.2, 0.25) is 0 Å². The van der Waals surface area contributed by atoms with Gasteiger partial charge in [-0.1, -0.05) is 48.5 Å². The first-order chi connectivity index (χ1) is 17.4. The van der Waals surface area contributed by atoms with E-state index in [1.807, 2.05) is 30.3 Å². The van der Waals surface area contributed by atoms with Gasteiger partial charge in [0.15, 0.2) is 5.78 Å². The number of benzene rings is 3. The predicted octanol–water partition coefficient (Wildman–Crippen LogP) is 4.02. The summed E-state index contributed by atoms with van der Waals surface area (Å²) in [5, 5.41) is 5.17. The summed E-state index contributed by atoms with van der Waals surface area (Å²) in [4.78, 5) is 53.6. The molecule has 0 aromatic heterocycles. The molecule has 0 fully saturated rings. The van der Waals surface area contributed by atoms with Crippen LogP contribution >= 0.6 is 0 Å². The van der Waals surface area contributed by atoms with E-state index in [2.05, 4.69) is 10.6 Å². The van der Waals surface area contributed by atoms with Gasteiger partial charge in [0.1, 0.15) is 6.54 Å². The van der Waals surface area contributed by atoms with E-state index in [1.165, 1.54) is 11.8 Å². The van der Waals surface area contributed by atoms with Crippen molar-refractivity contribution < 1.29 is 19.2 Å². The van der Waals surface area contributed by atoms with Crippen LogP contribution in [0.4, 0.5) is 21.9 Å². The summed E-state index contributed by atoms with van der Waals surface area (Å²) in [5.74, 6) is -0.730. The topological polar surface area (TPSA) is 98.8 Å². The second-order valence-corrected chi connectivity index (χ2v) is 8.54. The highest BCUT2D eigenvalue weighted by Crippen LogP contribution is 2.27. The maximum Gasteiger partial charge on any atom is 0.319 e. The first-order valence-electron chi connectivity index (χ1n) is 11.8. The third kappa shape index (κ3) is 5.96. The molecule has 0 saturated carbocycles. The van der Waals surface area contributed by atoms with E-state index in [9.17, 15) is 19.2 Å². The molecule has 0 aliphatic carbocycles. The number of ketones is 1. The van der Waals surface area contributed by atoms with Gasteiger partial charge < -0.3 is 20.4 Å². The molecule has 0 radical (unpaired) electrons. The number of carbonyl (C=O) groups excluding carboxylic acids is 4. The standard InChI is InChI=1S/C28H28N4O4/c1-20(33)22-10-7-12-23(17-22)30-28(36)29-18-26(34)32(24-13-3-2-4-14-24)19-27(35)31-16-8-11-21-9-5-6-15-25(21)31/h2-7,9-10,12-15,17H,8,11,16,18-19H2,1H3,(H2,29,30,36). The Morgan fingerprint density at radius 2 is 1.67 bits per heavy atom. The molecule has 8 nitrogen and oxygen atoms in total. The summed E-state index contributed by atoms with van der Waals surface area (Å²) >= 11 is 0. The average molecular weight is 485 g/mol. The fourth-order valence-electron chi connectivity index (χ4n) is 4.19. The Labute approximate surface area is 209 Å². The summed E-state index contributed by atoms with van der Waals surface area (Å²) < 4.78 is 0. The van der Waals surface area contributed by atoms with Crippen molar-refractivity contribution in [1.29, 1.82) is 0 Å². The zero-order valence-corrected chi connectivity index (χ0v) is 20.1. The third-order valence-corrected chi connectivity index (χ3v) is 6.00. The molecule has 4 rings (SSSR count). The van der Waals surface area contributed by atoms with Crippen molar-refractivity contribution in [3.05, 3.63) is 90.0 Å². The number of anilines is 3. The van der Waals surface area contributed by atoms with Crippen molar-refractivity contribution >= 4 is 40.7 Å². The van der Waals surface area contributed by atoms with Gasteiger partial charge in [-0.25, -0.2) is 4.79 Å². The van der Waals surface area contributed by atoms with E-state index in [0.29, 0.717) is 23.5 Å². The van der Waals surface area contributed by atoms with Crippen LogP contribution in [0.15, 0.2) is 78.9 Å². The number of fused-ring (bicyclic) bond motifs is 1. The normalized spacial score (nSPS) is 12.3. The zero-order chi connectivity index (χ0) is 25.5. The minimum absolute atomic E-state index is 0.117. The van der Waals surface area contributed by atoms with E-state index in [4.69, 9.17) is 0 Å². The average Bonchev–Trinajstić information content (AvgIpc) is 2.90. The van der Waals surface area contributed by atoms with E-state index >= 15 is 0 Å². The lowest BCUT2D eigenvalue weighted by Gasteiger charge is -2.32.